The first-order valence-corrected chi connectivity index (χ1v) is 8.42. The van der Waals surface area contributed by atoms with Crippen LogP contribution in [0.3, 0.4) is 0 Å². The van der Waals surface area contributed by atoms with Crippen LogP contribution in [0.15, 0.2) is 28.8 Å². The van der Waals surface area contributed by atoms with Gasteiger partial charge >= 0.3 is 0 Å². The van der Waals surface area contributed by atoms with Crippen molar-refractivity contribution in [3.8, 4) is 0 Å². The number of aromatic nitrogens is 2. The van der Waals surface area contributed by atoms with Crippen LogP contribution >= 0.6 is 11.6 Å². The molecule has 0 aliphatic heterocycles. The standard InChI is InChI=1S/C17H21ClN4O2/c1-22(2)11-14-19-16(21-24-14)17(9-3-4-10-17)20-15(23)12-5-7-13(18)8-6-12/h5-8H,3-4,9-11H2,1-2H3,(H,20,23). The Bertz CT molecular complexity index is 706. The topological polar surface area (TPSA) is 71.3 Å². The molecule has 1 fully saturated rings. The number of halogens is 1. The number of carbonyl (C=O) groups excluding carboxylic acids is 1. The normalized spacial score (nSPS) is 16.5. The molecule has 6 nitrogen and oxygen atoms in total. The minimum atomic E-state index is -0.551. The van der Waals surface area contributed by atoms with E-state index in [2.05, 4.69) is 15.5 Å². The van der Waals surface area contributed by atoms with E-state index in [1.807, 2.05) is 19.0 Å². The van der Waals surface area contributed by atoms with Gasteiger partial charge in [0.05, 0.1) is 6.54 Å². The predicted molar refractivity (Wildman–Crippen MR) is 90.8 cm³/mol. The van der Waals surface area contributed by atoms with Gasteiger partial charge in [0, 0.05) is 10.6 Å². The van der Waals surface area contributed by atoms with Gasteiger partial charge in [-0.15, -0.1) is 0 Å². The van der Waals surface area contributed by atoms with Crippen molar-refractivity contribution in [1.29, 1.82) is 0 Å². The molecule has 2 aromatic rings. The van der Waals surface area contributed by atoms with Crippen molar-refractivity contribution >= 4 is 17.5 Å². The third-order valence-electron chi connectivity index (χ3n) is 4.26. The first kappa shape index (κ1) is 16.9. The van der Waals surface area contributed by atoms with Crippen LogP contribution in [-0.4, -0.2) is 35.0 Å². The van der Waals surface area contributed by atoms with Crippen LogP contribution in [0.5, 0.6) is 0 Å². The SMILES string of the molecule is CN(C)Cc1nc(C2(NC(=O)c3ccc(Cl)cc3)CCCC2)no1. The van der Waals surface area contributed by atoms with Crippen LogP contribution in [0, 0.1) is 0 Å². The van der Waals surface area contributed by atoms with Crippen LogP contribution in [0.2, 0.25) is 5.02 Å². The molecule has 1 aromatic heterocycles. The van der Waals surface area contributed by atoms with Crippen molar-refractivity contribution < 1.29 is 9.32 Å². The zero-order valence-corrected chi connectivity index (χ0v) is 14.6. The summed E-state index contributed by atoms with van der Waals surface area (Å²) in [6.45, 7) is 0.578. The quantitative estimate of drug-likeness (QED) is 0.899. The van der Waals surface area contributed by atoms with Gasteiger partial charge in [-0.25, -0.2) is 0 Å². The van der Waals surface area contributed by atoms with Gasteiger partial charge in [-0.05, 0) is 51.2 Å². The van der Waals surface area contributed by atoms with Gasteiger partial charge in [-0.2, -0.15) is 4.98 Å². The van der Waals surface area contributed by atoms with E-state index in [4.69, 9.17) is 16.1 Å². The van der Waals surface area contributed by atoms with Crippen molar-refractivity contribution in [2.45, 2.75) is 37.8 Å². The summed E-state index contributed by atoms with van der Waals surface area (Å²) in [6.07, 6.45) is 3.68. The van der Waals surface area contributed by atoms with E-state index in [1.165, 1.54) is 0 Å². The van der Waals surface area contributed by atoms with E-state index in [0.29, 0.717) is 28.8 Å². The molecule has 3 rings (SSSR count). The van der Waals surface area contributed by atoms with E-state index in [0.717, 1.165) is 25.7 Å². The lowest BCUT2D eigenvalue weighted by Crippen LogP contribution is -2.44. The number of nitrogens with one attached hydrogen (secondary N) is 1. The fourth-order valence-corrected chi connectivity index (χ4v) is 3.18. The molecule has 1 amide bonds. The molecule has 0 atom stereocenters. The molecule has 0 spiro atoms. The van der Waals surface area contributed by atoms with Gasteiger partial charge in [0.15, 0.2) is 5.82 Å². The summed E-state index contributed by atoms with van der Waals surface area (Å²) in [4.78, 5) is 19.1. The monoisotopic (exact) mass is 348 g/mol. The summed E-state index contributed by atoms with van der Waals surface area (Å²) in [5, 5.41) is 7.87. The Morgan fingerprint density at radius 1 is 1.29 bits per heavy atom. The van der Waals surface area contributed by atoms with Crippen molar-refractivity contribution in [3.63, 3.8) is 0 Å². The summed E-state index contributed by atoms with van der Waals surface area (Å²) in [6, 6.07) is 6.85. The van der Waals surface area contributed by atoms with Crippen molar-refractivity contribution in [2.24, 2.45) is 0 Å². The summed E-state index contributed by atoms with van der Waals surface area (Å²) < 4.78 is 5.34. The Kier molecular flexibility index (Phi) is 4.87. The van der Waals surface area contributed by atoms with Crippen LogP contribution < -0.4 is 5.32 Å². The Labute approximate surface area is 146 Å². The molecule has 0 unspecified atom stereocenters. The molecule has 7 heteroatoms. The number of benzene rings is 1. The lowest BCUT2D eigenvalue weighted by molar-refractivity contribution is 0.0892. The summed E-state index contributed by atoms with van der Waals surface area (Å²) in [7, 11) is 3.88. The van der Waals surface area contributed by atoms with Gasteiger partial charge in [0.2, 0.25) is 5.89 Å². The van der Waals surface area contributed by atoms with E-state index in [9.17, 15) is 4.79 Å². The molecular weight excluding hydrogens is 328 g/mol. The molecule has 1 saturated carbocycles. The smallest absolute Gasteiger partial charge is 0.252 e. The number of amides is 1. The van der Waals surface area contributed by atoms with Gasteiger partial charge in [-0.3, -0.25) is 4.79 Å². The molecule has 1 N–H and O–H groups in total. The number of carbonyl (C=O) groups is 1. The second kappa shape index (κ2) is 6.91. The minimum Gasteiger partial charge on any atom is -0.339 e. The molecule has 0 bridgehead atoms. The van der Waals surface area contributed by atoms with E-state index in [1.54, 1.807) is 24.3 Å². The second-order valence-electron chi connectivity index (χ2n) is 6.50. The van der Waals surface area contributed by atoms with Crippen LogP contribution in [-0.2, 0) is 12.1 Å². The summed E-state index contributed by atoms with van der Waals surface area (Å²) >= 11 is 5.89. The molecule has 24 heavy (non-hydrogen) atoms. The van der Waals surface area contributed by atoms with Crippen molar-refractivity contribution in [3.05, 3.63) is 46.6 Å². The molecule has 0 radical (unpaired) electrons. The fourth-order valence-electron chi connectivity index (χ4n) is 3.06. The maximum atomic E-state index is 12.6. The van der Waals surface area contributed by atoms with Crippen molar-refractivity contribution in [2.75, 3.05) is 14.1 Å². The molecule has 1 aliphatic rings. The molecule has 1 aromatic carbocycles. The average Bonchev–Trinajstić information content (AvgIpc) is 3.17. The van der Waals surface area contributed by atoms with Gasteiger partial charge < -0.3 is 14.7 Å². The highest BCUT2D eigenvalue weighted by Crippen LogP contribution is 2.37. The maximum absolute atomic E-state index is 12.6. The minimum absolute atomic E-state index is 0.146. The average molecular weight is 349 g/mol. The van der Waals surface area contributed by atoms with E-state index < -0.39 is 5.54 Å². The molecule has 128 valence electrons. The Morgan fingerprint density at radius 2 is 1.96 bits per heavy atom. The van der Waals surface area contributed by atoms with E-state index in [-0.39, 0.29) is 5.91 Å². The zero-order chi connectivity index (χ0) is 17.2. The van der Waals surface area contributed by atoms with Crippen LogP contribution in [0.25, 0.3) is 0 Å². The number of nitrogens with zero attached hydrogens (tertiary/aromatic N) is 3. The van der Waals surface area contributed by atoms with Gasteiger partial charge in [0.1, 0.15) is 5.54 Å². The van der Waals surface area contributed by atoms with Crippen LogP contribution in [0.4, 0.5) is 0 Å². The Balaban J connectivity index is 1.82. The molecule has 1 heterocycles. The number of hydrogen-bond acceptors (Lipinski definition) is 5. The maximum Gasteiger partial charge on any atom is 0.252 e. The van der Waals surface area contributed by atoms with Crippen molar-refractivity contribution in [1.82, 2.24) is 20.4 Å². The van der Waals surface area contributed by atoms with Crippen LogP contribution in [0.1, 0.15) is 47.8 Å². The zero-order valence-electron chi connectivity index (χ0n) is 13.9. The number of hydrogen-bond donors (Lipinski definition) is 1. The Morgan fingerprint density at radius 3 is 2.58 bits per heavy atom. The van der Waals surface area contributed by atoms with E-state index >= 15 is 0 Å². The molecular formula is C17H21ClN4O2. The lowest BCUT2D eigenvalue weighted by atomic mass is 9.96. The van der Waals surface area contributed by atoms with Gasteiger partial charge in [-0.1, -0.05) is 29.6 Å². The third kappa shape index (κ3) is 3.60. The second-order valence-corrected chi connectivity index (χ2v) is 6.94. The van der Waals surface area contributed by atoms with Gasteiger partial charge in [0.25, 0.3) is 5.91 Å². The highest BCUT2D eigenvalue weighted by molar-refractivity contribution is 6.30. The Hall–Kier alpha value is -1.92. The third-order valence-corrected chi connectivity index (χ3v) is 4.52. The fraction of sp³-hybridized carbons (Fsp3) is 0.471. The highest BCUT2D eigenvalue weighted by atomic mass is 35.5. The first-order chi connectivity index (χ1) is 11.5. The lowest BCUT2D eigenvalue weighted by Gasteiger charge is -2.26. The summed E-state index contributed by atoms with van der Waals surface area (Å²) in [5.41, 5.74) is 0.0211. The largest absolute Gasteiger partial charge is 0.339 e. The highest BCUT2D eigenvalue weighted by Gasteiger charge is 2.41. The molecule has 0 saturated heterocycles. The first-order valence-electron chi connectivity index (χ1n) is 8.04. The molecule has 1 aliphatic carbocycles. The predicted octanol–water partition coefficient (Wildman–Crippen LogP) is 2.98. The number of rotatable bonds is 5. The summed E-state index contributed by atoms with van der Waals surface area (Å²) in [5.74, 6) is 0.980.